The predicted molar refractivity (Wildman–Crippen MR) is 63.2 cm³/mol. The van der Waals surface area contributed by atoms with Gasteiger partial charge in [0.1, 0.15) is 6.23 Å². The third-order valence-corrected chi connectivity index (χ3v) is 2.60. The van der Waals surface area contributed by atoms with Gasteiger partial charge in [0.25, 0.3) is 0 Å². The number of ether oxygens (including phenoxy) is 1. The highest BCUT2D eigenvalue weighted by Crippen LogP contribution is 2.13. The Kier molecular flexibility index (Phi) is 3.59. The van der Waals surface area contributed by atoms with Gasteiger partial charge >= 0.3 is 0 Å². The lowest BCUT2D eigenvalue weighted by atomic mass is 10.2. The SMILES string of the molecule is C[C@@H](OCc1ccc(Cl)cc1)n1ccnc1. The molecule has 84 valence electrons. The van der Waals surface area contributed by atoms with E-state index in [1.165, 1.54) is 0 Å². The van der Waals surface area contributed by atoms with Gasteiger partial charge in [0.05, 0.1) is 12.9 Å². The number of halogens is 1. The normalized spacial score (nSPS) is 12.6. The minimum atomic E-state index is -0.0156. The van der Waals surface area contributed by atoms with Crippen molar-refractivity contribution in [3.63, 3.8) is 0 Å². The Labute approximate surface area is 99.6 Å². The maximum absolute atomic E-state index is 5.80. The van der Waals surface area contributed by atoms with E-state index in [9.17, 15) is 0 Å². The molecule has 0 saturated carbocycles. The number of imidazole rings is 1. The first-order valence-electron chi connectivity index (χ1n) is 5.09. The summed E-state index contributed by atoms with van der Waals surface area (Å²) in [5, 5.41) is 0.742. The second-order valence-corrected chi connectivity index (χ2v) is 3.98. The standard InChI is InChI=1S/C12H13ClN2O/c1-10(15-7-6-14-9-15)16-8-11-2-4-12(13)5-3-11/h2-7,9-10H,8H2,1H3/t10-/m1/s1. The second-order valence-electron chi connectivity index (χ2n) is 3.55. The van der Waals surface area contributed by atoms with Gasteiger partial charge in [0, 0.05) is 17.4 Å². The van der Waals surface area contributed by atoms with Crippen molar-refractivity contribution in [3.05, 3.63) is 53.6 Å². The molecule has 0 N–H and O–H groups in total. The molecule has 0 aliphatic carbocycles. The molecule has 0 amide bonds. The molecular weight excluding hydrogens is 224 g/mol. The Hall–Kier alpha value is -1.32. The quantitative estimate of drug-likeness (QED) is 0.815. The van der Waals surface area contributed by atoms with Gasteiger partial charge in [0.2, 0.25) is 0 Å². The molecule has 1 atom stereocenters. The summed E-state index contributed by atoms with van der Waals surface area (Å²) in [5.41, 5.74) is 1.11. The molecule has 2 rings (SSSR count). The van der Waals surface area contributed by atoms with Crippen LogP contribution in [0.25, 0.3) is 0 Å². The van der Waals surface area contributed by atoms with Crippen molar-refractivity contribution in [2.45, 2.75) is 19.8 Å². The summed E-state index contributed by atoms with van der Waals surface area (Å²) in [6, 6.07) is 7.65. The average Bonchev–Trinajstić information content (AvgIpc) is 2.81. The molecule has 0 spiro atoms. The van der Waals surface area contributed by atoms with Gasteiger partial charge in [-0.25, -0.2) is 4.98 Å². The Morgan fingerprint density at radius 2 is 2.12 bits per heavy atom. The highest BCUT2D eigenvalue weighted by molar-refractivity contribution is 6.30. The van der Waals surface area contributed by atoms with Gasteiger partial charge in [-0.3, -0.25) is 0 Å². The molecule has 0 saturated heterocycles. The fraction of sp³-hybridized carbons (Fsp3) is 0.250. The first kappa shape index (κ1) is 11.2. The fourth-order valence-electron chi connectivity index (χ4n) is 1.37. The van der Waals surface area contributed by atoms with Crippen molar-refractivity contribution < 1.29 is 4.74 Å². The first-order valence-corrected chi connectivity index (χ1v) is 5.47. The lowest BCUT2D eigenvalue weighted by Crippen LogP contribution is -2.07. The monoisotopic (exact) mass is 236 g/mol. The summed E-state index contributed by atoms with van der Waals surface area (Å²) in [6.07, 6.45) is 5.35. The van der Waals surface area contributed by atoms with Gasteiger partial charge in [-0.15, -0.1) is 0 Å². The molecule has 16 heavy (non-hydrogen) atoms. The van der Waals surface area contributed by atoms with Crippen LogP contribution in [0, 0.1) is 0 Å². The van der Waals surface area contributed by atoms with Gasteiger partial charge in [-0.2, -0.15) is 0 Å². The zero-order valence-electron chi connectivity index (χ0n) is 9.01. The summed E-state index contributed by atoms with van der Waals surface area (Å²) >= 11 is 5.80. The molecule has 0 aliphatic rings. The van der Waals surface area contributed by atoms with E-state index in [0.29, 0.717) is 6.61 Å². The van der Waals surface area contributed by atoms with Gasteiger partial charge < -0.3 is 9.30 Å². The van der Waals surface area contributed by atoms with E-state index < -0.39 is 0 Å². The largest absolute Gasteiger partial charge is 0.354 e. The maximum atomic E-state index is 5.80. The van der Waals surface area contributed by atoms with E-state index in [-0.39, 0.29) is 6.23 Å². The van der Waals surface area contributed by atoms with Crippen molar-refractivity contribution in [2.24, 2.45) is 0 Å². The number of rotatable bonds is 4. The Balaban J connectivity index is 1.90. The van der Waals surface area contributed by atoms with E-state index in [0.717, 1.165) is 10.6 Å². The molecule has 0 aliphatic heterocycles. The van der Waals surface area contributed by atoms with E-state index in [1.54, 1.807) is 12.5 Å². The smallest absolute Gasteiger partial charge is 0.132 e. The molecule has 1 heterocycles. The zero-order chi connectivity index (χ0) is 11.4. The van der Waals surface area contributed by atoms with Crippen LogP contribution in [0.4, 0.5) is 0 Å². The lowest BCUT2D eigenvalue weighted by Gasteiger charge is -2.14. The molecular formula is C12H13ClN2O. The summed E-state index contributed by atoms with van der Waals surface area (Å²) < 4.78 is 7.60. The summed E-state index contributed by atoms with van der Waals surface area (Å²) in [4.78, 5) is 3.98. The van der Waals surface area contributed by atoms with E-state index in [1.807, 2.05) is 42.0 Å². The average molecular weight is 237 g/mol. The summed E-state index contributed by atoms with van der Waals surface area (Å²) in [5.74, 6) is 0. The van der Waals surface area contributed by atoms with Crippen LogP contribution in [-0.2, 0) is 11.3 Å². The van der Waals surface area contributed by atoms with Crippen molar-refractivity contribution in [3.8, 4) is 0 Å². The molecule has 1 aromatic carbocycles. The van der Waals surface area contributed by atoms with Crippen LogP contribution < -0.4 is 0 Å². The fourth-order valence-corrected chi connectivity index (χ4v) is 1.49. The van der Waals surface area contributed by atoms with E-state index in [2.05, 4.69) is 4.98 Å². The molecule has 0 unspecified atom stereocenters. The van der Waals surface area contributed by atoms with Gasteiger partial charge in [-0.05, 0) is 24.6 Å². The third kappa shape index (κ3) is 2.84. The van der Waals surface area contributed by atoms with Crippen LogP contribution in [0.2, 0.25) is 5.02 Å². The number of nitrogens with zero attached hydrogens (tertiary/aromatic N) is 2. The topological polar surface area (TPSA) is 27.1 Å². The number of benzene rings is 1. The van der Waals surface area contributed by atoms with E-state index >= 15 is 0 Å². The Bertz CT molecular complexity index is 425. The molecule has 0 bridgehead atoms. The van der Waals surface area contributed by atoms with Crippen molar-refractivity contribution in [1.29, 1.82) is 0 Å². The molecule has 1 aromatic heterocycles. The molecule has 3 nitrogen and oxygen atoms in total. The number of aromatic nitrogens is 2. The molecule has 0 fully saturated rings. The molecule has 2 aromatic rings. The van der Waals surface area contributed by atoms with Crippen LogP contribution in [0.1, 0.15) is 18.7 Å². The first-order chi connectivity index (χ1) is 7.75. The highest BCUT2D eigenvalue weighted by Gasteiger charge is 2.03. The maximum Gasteiger partial charge on any atom is 0.132 e. The van der Waals surface area contributed by atoms with Crippen molar-refractivity contribution in [2.75, 3.05) is 0 Å². The van der Waals surface area contributed by atoms with Crippen molar-refractivity contribution >= 4 is 11.6 Å². The zero-order valence-corrected chi connectivity index (χ0v) is 9.76. The lowest BCUT2D eigenvalue weighted by molar-refractivity contribution is 0.00400. The molecule has 0 radical (unpaired) electrons. The summed E-state index contributed by atoms with van der Waals surface area (Å²) in [7, 11) is 0. The highest BCUT2D eigenvalue weighted by atomic mass is 35.5. The van der Waals surface area contributed by atoms with Crippen LogP contribution in [0.15, 0.2) is 43.0 Å². The van der Waals surface area contributed by atoms with Crippen LogP contribution in [0.5, 0.6) is 0 Å². The Morgan fingerprint density at radius 3 is 2.75 bits per heavy atom. The van der Waals surface area contributed by atoms with Crippen LogP contribution in [0.3, 0.4) is 0 Å². The van der Waals surface area contributed by atoms with Crippen LogP contribution >= 0.6 is 11.6 Å². The molecule has 4 heteroatoms. The van der Waals surface area contributed by atoms with Crippen LogP contribution in [-0.4, -0.2) is 9.55 Å². The van der Waals surface area contributed by atoms with Gasteiger partial charge in [0.15, 0.2) is 0 Å². The van der Waals surface area contributed by atoms with Crippen molar-refractivity contribution in [1.82, 2.24) is 9.55 Å². The van der Waals surface area contributed by atoms with E-state index in [4.69, 9.17) is 16.3 Å². The Morgan fingerprint density at radius 1 is 1.38 bits per heavy atom. The second kappa shape index (κ2) is 5.14. The predicted octanol–water partition coefficient (Wildman–Crippen LogP) is 3.27. The number of hydrogen-bond acceptors (Lipinski definition) is 2. The minimum absolute atomic E-state index is 0.0156. The minimum Gasteiger partial charge on any atom is -0.354 e. The van der Waals surface area contributed by atoms with Gasteiger partial charge in [-0.1, -0.05) is 23.7 Å². The third-order valence-electron chi connectivity index (χ3n) is 2.35. The number of hydrogen-bond donors (Lipinski definition) is 0. The summed E-state index contributed by atoms with van der Waals surface area (Å²) in [6.45, 7) is 2.55.